The molecule has 0 aliphatic rings. The minimum Gasteiger partial charge on any atom is -0.340 e. The lowest BCUT2D eigenvalue weighted by atomic mass is 10.2. The third kappa shape index (κ3) is 4.37. The maximum atomic E-state index is 12.5. The van der Waals surface area contributed by atoms with E-state index in [1.54, 1.807) is 25.2 Å². The van der Waals surface area contributed by atoms with Crippen molar-refractivity contribution in [3.8, 4) is 0 Å². The number of fused-ring (bicyclic) bond motifs is 1. The van der Waals surface area contributed by atoms with E-state index in [2.05, 4.69) is 36.5 Å². The summed E-state index contributed by atoms with van der Waals surface area (Å²) in [5.41, 5.74) is 2.12. The minimum absolute atomic E-state index is 0.0284. The summed E-state index contributed by atoms with van der Waals surface area (Å²) in [5.74, 6) is 0.703. The summed E-state index contributed by atoms with van der Waals surface area (Å²) in [6.45, 7) is 0.0284. The van der Waals surface area contributed by atoms with Crippen LogP contribution in [0.5, 0.6) is 0 Å². The number of halogens is 2. The molecule has 1 aromatic heterocycles. The number of carbonyl (C=O) groups is 1. The van der Waals surface area contributed by atoms with Crippen molar-refractivity contribution in [2.75, 3.05) is 29.7 Å². The van der Waals surface area contributed by atoms with Gasteiger partial charge in [0, 0.05) is 34.2 Å². The Morgan fingerprint density at radius 3 is 2.79 bits per heavy atom. The van der Waals surface area contributed by atoms with Gasteiger partial charge in [-0.15, -0.1) is 16.5 Å². The molecule has 0 aliphatic heterocycles. The van der Waals surface area contributed by atoms with Gasteiger partial charge in [0.05, 0.1) is 17.3 Å². The predicted molar refractivity (Wildman–Crippen MR) is 114 cm³/mol. The van der Waals surface area contributed by atoms with Crippen LogP contribution in [0.4, 0.5) is 22.0 Å². The minimum atomic E-state index is -0.576. The Morgan fingerprint density at radius 1 is 1.25 bits per heavy atom. The van der Waals surface area contributed by atoms with Crippen molar-refractivity contribution in [3.63, 3.8) is 0 Å². The summed E-state index contributed by atoms with van der Waals surface area (Å²) in [6.07, 6.45) is 1.47. The third-order valence-electron chi connectivity index (χ3n) is 4.00. The molecular weight excluding hydrogens is 448 g/mol. The number of nitroso groups, excluding NO2 is 1. The van der Waals surface area contributed by atoms with Crippen LogP contribution in [0.2, 0.25) is 0 Å². The summed E-state index contributed by atoms with van der Waals surface area (Å²) >= 11 is 9.06. The third-order valence-corrected chi connectivity index (χ3v) is 4.66. The first-order valence-corrected chi connectivity index (χ1v) is 9.58. The fraction of sp³-hybridized carbons (Fsp3) is 0.167. The van der Waals surface area contributed by atoms with Crippen LogP contribution in [0.1, 0.15) is 0 Å². The van der Waals surface area contributed by atoms with Gasteiger partial charge in [-0.25, -0.2) is 14.8 Å². The van der Waals surface area contributed by atoms with E-state index in [-0.39, 0.29) is 12.4 Å². The molecule has 0 saturated carbocycles. The van der Waals surface area contributed by atoms with Crippen LogP contribution in [-0.2, 0) is 0 Å². The van der Waals surface area contributed by atoms with Crippen molar-refractivity contribution in [1.29, 1.82) is 0 Å². The molecule has 2 aromatic carbocycles. The largest absolute Gasteiger partial charge is 0.347 e. The summed E-state index contributed by atoms with van der Waals surface area (Å²) in [4.78, 5) is 33.3. The molecule has 1 heterocycles. The Balaban J connectivity index is 1.95. The standard InChI is InChI=1S/C18H16BrClN6O2/c1-25(18(27)26(24-28)8-7-20)14-5-6-16-15(10-14)17(22-11-21-16)23-13-4-2-3-12(19)9-13/h2-6,9-11H,7-8H2,1H3,(H,21,22,23). The van der Waals surface area contributed by atoms with Crippen molar-refractivity contribution >= 4 is 61.7 Å². The van der Waals surface area contributed by atoms with Gasteiger partial charge in [-0.2, -0.15) is 5.01 Å². The molecule has 3 aromatic rings. The summed E-state index contributed by atoms with van der Waals surface area (Å²) in [5, 5.41) is 7.49. The lowest BCUT2D eigenvalue weighted by Gasteiger charge is -2.22. The van der Waals surface area contributed by atoms with E-state index in [1.165, 1.54) is 11.2 Å². The number of urea groups is 1. The molecule has 10 heteroatoms. The number of hydrogen-bond acceptors (Lipinski definition) is 6. The van der Waals surface area contributed by atoms with Gasteiger partial charge in [-0.3, -0.25) is 4.90 Å². The monoisotopic (exact) mass is 462 g/mol. The number of amides is 2. The fourth-order valence-electron chi connectivity index (χ4n) is 2.59. The van der Waals surface area contributed by atoms with Crippen molar-refractivity contribution in [2.24, 2.45) is 5.29 Å². The van der Waals surface area contributed by atoms with E-state index >= 15 is 0 Å². The maximum absolute atomic E-state index is 12.5. The van der Waals surface area contributed by atoms with E-state index in [9.17, 15) is 9.70 Å². The first-order valence-electron chi connectivity index (χ1n) is 8.25. The van der Waals surface area contributed by atoms with Crippen LogP contribution < -0.4 is 10.2 Å². The zero-order chi connectivity index (χ0) is 20.1. The van der Waals surface area contributed by atoms with Gasteiger partial charge >= 0.3 is 6.03 Å². The molecule has 0 unspecified atom stereocenters. The molecule has 1 N–H and O–H groups in total. The summed E-state index contributed by atoms with van der Waals surface area (Å²) in [7, 11) is 1.56. The topological polar surface area (TPSA) is 90.8 Å². The Labute approximate surface area is 174 Å². The van der Waals surface area contributed by atoms with Gasteiger partial charge in [0.1, 0.15) is 12.1 Å². The Hall–Kier alpha value is -2.78. The second kappa shape index (κ2) is 8.94. The van der Waals surface area contributed by atoms with Gasteiger partial charge in [0.2, 0.25) is 0 Å². The summed E-state index contributed by atoms with van der Waals surface area (Å²) < 4.78 is 0.933. The van der Waals surface area contributed by atoms with E-state index < -0.39 is 6.03 Å². The predicted octanol–water partition coefficient (Wildman–Crippen LogP) is 4.91. The average molecular weight is 464 g/mol. The van der Waals surface area contributed by atoms with Crippen LogP contribution in [0.3, 0.4) is 0 Å². The van der Waals surface area contributed by atoms with Crippen LogP contribution in [0.15, 0.2) is 58.6 Å². The number of alkyl halides is 1. The molecule has 0 spiro atoms. The lowest BCUT2D eigenvalue weighted by Crippen LogP contribution is -2.38. The molecular formula is C18H16BrClN6O2. The Kier molecular flexibility index (Phi) is 6.37. The summed E-state index contributed by atoms with van der Waals surface area (Å²) in [6, 6.07) is 12.4. The molecule has 0 fully saturated rings. The molecule has 3 rings (SSSR count). The highest BCUT2D eigenvalue weighted by Gasteiger charge is 2.20. The number of benzene rings is 2. The molecule has 28 heavy (non-hydrogen) atoms. The van der Waals surface area contributed by atoms with Crippen LogP contribution >= 0.6 is 27.5 Å². The quantitative estimate of drug-likeness (QED) is 0.318. The lowest BCUT2D eigenvalue weighted by molar-refractivity contribution is 0.210. The number of anilines is 3. The molecule has 0 atom stereocenters. The first kappa shape index (κ1) is 20.0. The molecule has 0 saturated heterocycles. The molecule has 2 amide bonds. The highest BCUT2D eigenvalue weighted by atomic mass is 79.9. The van der Waals surface area contributed by atoms with Gasteiger partial charge in [-0.1, -0.05) is 22.0 Å². The van der Waals surface area contributed by atoms with Gasteiger partial charge in [0.25, 0.3) is 0 Å². The smallest absolute Gasteiger partial charge is 0.340 e. The number of nitrogens with one attached hydrogen (secondary N) is 1. The highest BCUT2D eigenvalue weighted by Crippen LogP contribution is 2.28. The number of aromatic nitrogens is 2. The van der Waals surface area contributed by atoms with E-state index in [1.807, 2.05) is 24.3 Å². The zero-order valence-electron chi connectivity index (χ0n) is 14.8. The Bertz CT molecular complexity index is 1020. The first-order chi connectivity index (χ1) is 13.5. The SMILES string of the molecule is CN(C(=O)N(CCCl)N=O)c1ccc2ncnc(Nc3cccc(Br)c3)c2c1. The molecule has 0 aliphatic carbocycles. The average Bonchev–Trinajstić information content (AvgIpc) is 2.71. The van der Waals surface area contributed by atoms with Gasteiger partial charge in [0.15, 0.2) is 0 Å². The molecule has 0 radical (unpaired) electrons. The second-order valence-corrected chi connectivity index (χ2v) is 7.09. The zero-order valence-corrected chi connectivity index (χ0v) is 17.2. The van der Waals surface area contributed by atoms with Crippen molar-refractivity contribution in [2.45, 2.75) is 0 Å². The van der Waals surface area contributed by atoms with Crippen LogP contribution in [0, 0.1) is 4.91 Å². The van der Waals surface area contributed by atoms with Crippen molar-refractivity contribution in [1.82, 2.24) is 15.0 Å². The second-order valence-electron chi connectivity index (χ2n) is 5.79. The number of rotatable bonds is 6. The molecule has 8 nitrogen and oxygen atoms in total. The van der Waals surface area contributed by atoms with E-state index in [4.69, 9.17) is 11.6 Å². The van der Waals surface area contributed by atoms with Crippen LogP contribution in [-0.4, -0.2) is 40.5 Å². The van der Waals surface area contributed by atoms with Crippen LogP contribution in [0.25, 0.3) is 10.9 Å². The normalized spacial score (nSPS) is 10.5. The molecule has 0 bridgehead atoms. The van der Waals surface area contributed by atoms with E-state index in [0.717, 1.165) is 20.6 Å². The number of nitrogens with zero attached hydrogens (tertiary/aromatic N) is 5. The number of hydrogen-bond donors (Lipinski definition) is 1. The Morgan fingerprint density at radius 2 is 2.07 bits per heavy atom. The van der Waals surface area contributed by atoms with Crippen molar-refractivity contribution in [3.05, 3.63) is 58.2 Å². The van der Waals surface area contributed by atoms with Gasteiger partial charge < -0.3 is 5.32 Å². The van der Waals surface area contributed by atoms with Gasteiger partial charge in [-0.05, 0) is 36.4 Å². The molecule has 144 valence electrons. The maximum Gasteiger partial charge on any atom is 0.347 e. The highest BCUT2D eigenvalue weighted by molar-refractivity contribution is 9.10. The van der Waals surface area contributed by atoms with Crippen molar-refractivity contribution < 1.29 is 4.79 Å². The number of carbonyl (C=O) groups excluding carboxylic acids is 1. The fourth-order valence-corrected chi connectivity index (χ4v) is 3.15. The van der Waals surface area contributed by atoms with E-state index in [0.29, 0.717) is 17.0 Å².